The van der Waals surface area contributed by atoms with Crippen LogP contribution in [0.5, 0.6) is 0 Å². The van der Waals surface area contributed by atoms with Gasteiger partial charge in [-0.1, -0.05) is 43.7 Å². The highest BCUT2D eigenvalue weighted by Crippen LogP contribution is 2.24. The molecule has 0 saturated heterocycles. The van der Waals surface area contributed by atoms with Crippen LogP contribution < -0.4 is 5.32 Å². The van der Waals surface area contributed by atoms with Crippen LogP contribution in [-0.2, 0) is 15.0 Å². The second-order valence-electron chi connectivity index (χ2n) is 6.03. The molecule has 1 amide bonds. The van der Waals surface area contributed by atoms with Gasteiger partial charge in [-0.25, -0.2) is 4.79 Å². The van der Waals surface area contributed by atoms with Crippen molar-refractivity contribution in [3.63, 3.8) is 0 Å². The lowest BCUT2D eigenvalue weighted by Crippen LogP contribution is -2.50. The van der Waals surface area contributed by atoms with E-state index in [1.54, 1.807) is 27.7 Å². The van der Waals surface area contributed by atoms with Crippen LogP contribution in [0.4, 0.5) is 0 Å². The largest absolute Gasteiger partial charge is 0.480 e. The summed E-state index contributed by atoms with van der Waals surface area (Å²) in [6.07, 6.45) is 0. The van der Waals surface area contributed by atoms with Crippen molar-refractivity contribution in [1.29, 1.82) is 0 Å². The van der Waals surface area contributed by atoms with Crippen molar-refractivity contribution >= 4 is 11.9 Å². The molecule has 1 aromatic carbocycles. The zero-order valence-corrected chi connectivity index (χ0v) is 12.7. The average Bonchev–Trinajstić information content (AvgIpc) is 2.34. The lowest BCUT2D eigenvalue weighted by Gasteiger charge is -2.28. The topological polar surface area (TPSA) is 66.4 Å². The Morgan fingerprint density at radius 3 is 2.30 bits per heavy atom. The second kappa shape index (κ2) is 6.07. The first-order chi connectivity index (χ1) is 9.16. The molecule has 0 aliphatic rings. The lowest BCUT2D eigenvalue weighted by molar-refractivity contribution is -0.143. The van der Waals surface area contributed by atoms with Gasteiger partial charge in [0.25, 0.3) is 0 Å². The predicted octanol–water partition coefficient (Wildman–Crippen LogP) is 2.50. The molecule has 1 unspecified atom stereocenters. The second-order valence-corrected chi connectivity index (χ2v) is 6.03. The van der Waals surface area contributed by atoms with Gasteiger partial charge in [-0.3, -0.25) is 4.79 Å². The van der Waals surface area contributed by atoms with Crippen LogP contribution in [0.2, 0.25) is 0 Å². The van der Waals surface area contributed by atoms with Crippen molar-refractivity contribution in [1.82, 2.24) is 5.32 Å². The Hall–Kier alpha value is -1.84. The number of carboxylic acids is 1. The van der Waals surface area contributed by atoms with E-state index in [9.17, 15) is 9.59 Å². The van der Waals surface area contributed by atoms with Crippen molar-refractivity contribution in [3.05, 3.63) is 35.4 Å². The zero-order valence-electron chi connectivity index (χ0n) is 12.7. The number of carboxylic acid groups (broad SMARTS) is 1. The van der Waals surface area contributed by atoms with E-state index in [2.05, 4.69) is 5.32 Å². The third-order valence-corrected chi connectivity index (χ3v) is 3.53. The average molecular weight is 277 g/mol. The first kappa shape index (κ1) is 16.2. The summed E-state index contributed by atoms with van der Waals surface area (Å²) < 4.78 is 0. The Labute approximate surface area is 120 Å². The number of carbonyl (C=O) groups is 2. The van der Waals surface area contributed by atoms with Gasteiger partial charge in [-0.2, -0.15) is 0 Å². The molecule has 0 bridgehead atoms. The molecule has 0 saturated carbocycles. The fourth-order valence-corrected chi connectivity index (χ4v) is 2.00. The smallest absolute Gasteiger partial charge is 0.326 e. The van der Waals surface area contributed by atoms with Crippen molar-refractivity contribution in [2.24, 2.45) is 5.92 Å². The third-order valence-electron chi connectivity index (χ3n) is 3.53. The SMILES string of the molecule is Cc1cccc(C(C)(C)C(=O)NC(C(=O)O)C(C)C)c1. The molecule has 4 nitrogen and oxygen atoms in total. The van der Waals surface area contributed by atoms with Gasteiger partial charge < -0.3 is 10.4 Å². The number of nitrogens with one attached hydrogen (secondary N) is 1. The maximum Gasteiger partial charge on any atom is 0.326 e. The van der Waals surface area contributed by atoms with Crippen molar-refractivity contribution in [3.8, 4) is 0 Å². The Kier molecular flexibility index (Phi) is 4.93. The van der Waals surface area contributed by atoms with E-state index in [4.69, 9.17) is 5.11 Å². The first-order valence-corrected chi connectivity index (χ1v) is 6.77. The van der Waals surface area contributed by atoms with Gasteiger partial charge in [0.15, 0.2) is 0 Å². The van der Waals surface area contributed by atoms with Gasteiger partial charge in [0.2, 0.25) is 5.91 Å². The maximum absolute atomic E-state index is 12.4. The van der Waals surface area contributed by atoms with Crippen molar-refractivity contribution in [2.45, 2.75) is 46.1 Å². The molecule has 110 valence electrons. The van der Waals surface area contributed by atoms with E-state index >= 15 is 0 Å². The lowest BCUT2D eigenvalue weighted by atomic mass is 9.82. The fourth-order valence-electron chi connectivity index (χ4n) is 2.00. The van der Waals surface area contributed by atoms with Crippen LogP contribution >= 0.6 is 0 Å². The Balaban J connectivity index is 2.97. The minimum absolute atomic E-state index is 0.162. The standard InChI is InChI=1S/C16H23NO3/c1-10(2)13(14(18)19)17-15(20)16(4,5)12-8-6-7-11(3)9-12/h6-10,13H,1-5H3,(H,17,20)(H,18,19). The molecule has 0 spiro atoms. The highest BCUT2D eigenvalue weighted by atomic mass is 16.4. The molecule has 0 aliphatic heterocycles. The van der Waals surface area contributed by atoms with Crippen LogP contribution in [0.3, 0.4) is 0 Å². The molecule has 4 heteroatoms. The predicted molar refractivity (Wildman–Crippen MR) is 78.6 cm³/mol. The summed E-state index contributed by atoms with van der Waals surface area (Å²) >= 11 is 0. The van der Waals surface area contributed by atoms with E-state index in [1.807, 2.05) is 31.2 Å². The molecule has 20 heavy (non-hydrogen) atoms. The van der Waals surface area contributed by atoms with Crippen LogP contribution in [0.15, 0.2) is 24.3 Å². The Bertz CT molecular complexity index is 506. The van der Waals surface area contributed by atoms with Crippen molar-refractivity contribution in [2.75, 3.05) is 0 Å². The monoisotopic (exact) mass is 277 g/mol. The number of aryl methyl sites for hydroxylation is 1. The summed E-state index contributed by atoms with van der Waals surface area (Å²) in [7, 11) is 0. The molecule has 1 rings (SSSR count). The fraction of sp³-hybridized carbons (Fsp3) is 0.500. The third kappa shape index (κ3) is 3.59. The minimum atomic E-state index is -1.01. The summed E-state index contributed by atoms with van der Waals surface area (Å²) in [5.41, 5.74) is 1.18. The highest BCUT2D eigenvalue weighted by molar-refractivity contribution is 5.90. The van der Waals surface area contributed by atoms with Crippen LogP contribution in [-0.4, -0.2) is 23.0 Å². The number of aliphatic carboxylic acids is 1. The van der Waals surface area contributed by atoms with Crippen LogP contribution in [0.1, 0.15) is 38.8 Å². The van der Waals surface area contributed by atoms with E-state index in [1.165, 1.54) is 0 Å². The van der Waals surface area contributed by atoms with Gasteiger partial charge in [-0.05, 0) is 32.3 Å². The normalized spacial score (nSPS) is 13.1. The molecule has 0 fully saturated rings. The van der Waals surface area contributed by atoms with Gasteiger partial charge in [-0.15, -0.1) is 0 Å². The summed E-state index contributed by atoms with van der Waals surface area (Å²) in [6.45, 7) is 9.12. The Morgan fingerprint density at radius 1 is 1.25 bits per heavy atom. The highest BCUT2D eigenvalue weighted by Gasteiger charge is 2.33. The summed E-state index contributed by atoms with van der Waals surface area (Å²) in [5, 5.41) is 11.8. The molecule has 0 heterocycles. The van der Waals surface area contributed by atoms with Crippen molar-refractivity contribution < 1.29 is 14.7 Å². The number of hydrogen-bond donors (Lipinski definition) is 2. The number of benzene rings is 1. The quantitative estimate of drug-likeness (QED) is 0.869. The molecule has 1 aromatic rings. The summed E-state index contributed by atoms with van der Waals surface area (Å²) in [5.74, 6) is -1.44. The first-order valence-electron chi connectivity index (χ1n) is 6.77. The van der Waals surface area contributed by atoms with E-state index in [-0.39, 0.29) is 11.8 Å². The molecular weight excluding hydrogens is 254 g/mol. The van der Waals surface area contributed by atoms with Gasteiger partial charge >= 0.3 is 5.97 Å². The summed E-state index contributed by atoms with van der Waals surface area (Å²) in [6, 6.07) is 6.83. The van der Waals surface area contributed by atoms with Crippen LogP contribution in [0, 0.1) is 12.8 Å². The van der Waals surface area contributed by atoms with Gasteiger partial charge in [0.1, 0.15) is 6.04 Å². The van der Waals surface area contributed by atoms with E-state index in [0.29, 0.717) is 0 Å². The van der Waals surface area contributed by atoms with Gasteiger partial charge in [0.05, 0.1) is 5.41 Å². The van der Waals surface area contributed by atoms with Gasteiger partial charge in [0, 0.05) is 0 Å². The molecular formula is C16H23NO3. The minimum Gasteiger partial charge on any atom is -0.480 e. The molecule has 2 N–H and O–H groups in total. The molecule has 0 aliphatic carbocycles. The van der Waals surface area contributed by atoms with Crippen LogP contribution in [0.25, 0.3) is 0 Å². The molecule has 1 atom stereocenters. The number of carbonyl (C=O) groups excluding carboxylic acids is 1. The molecule has 0 radical (unpaired) electrons. The zero-order chi connectivity index (χ0) is 15.5. The number of rotatable bonds is 5. The van der Waals surface area contributed by atoms with E-state index < -0.39 is 17.4 Å². The summed E-state index contributed by atoms with van der Waals surface area (Å²) in [4.78, 5) is 23.6. The number of hydrogen-bond acceptors (Lipinski definition) is 2. The number of amides is 1. The molecule has 0 aromatic heterocycles. The maximum atomic E-state index is 12.4. The Morgan fingerprint density at radius 2 is 1.85 bits per heavy atom. The van der Waals surface area contributed by atoms with E-state index in [0.717, 1.165) is 11.1 Å².